The first-order chi connectivity index (χ1) is 16.9. The molecule has 0 bridgehead atoms. The van der Waals surface area contributed by atoms with Crippen LogP contribution in [0.25, 0.3) is 11.1 Å². The smallest absolute Gasteiger partial charge is 0.247 e. The van der Waals surface area contributed by atoms with Crippen LogP contribution in [-0.2, 0) is 0 Å². The summed E-state index contributed by atoms with van der Waals surface area (Å²) in [6.45, 7) is 0.112. The Balaban J connectivity index is 1.43. The summed E-state index contributed by atoms with van der Waals surface area (Å²) in [5.41, 5.74) is 9.18. The van der Waals surface area contributed by atoms with Gasteiger partial charge in [-0.05, 0) is 46.3 Å². The normalized spacial score (nSPS) is 13.6. The molecule has 4 heteroatoms. The van der Waals surface area contributed by atoms with Gasteiger partial charge in [-0.1, -0.05) is 90.4 Å². The lowest BCUT2D eigenvalue weighted by Gasteiger charge is -2.44. The van der Waals surface area contributed by atoms with E-state index in [2.05, 4.69) is 108 Å². The van der Waals surface area contributed by atoms with E-state index < -0.39 is 0 Å². The summed E-state index contributed by atoms with van der Waals surface area (Å²) in [5.74, 6) is 3.40. The van der Waals surface area contributed by atoms with Crippen molar-refractivity contribution in [2.75, 3.05) is 4.90 Å². The fourth-order valence-electron chi connectivity index (χ4n) is 5.69. The Bertz CT molecular complexity index is 1540. The summed E-state index contributed by atoms with van der Waals surface area (Å²) in [4.78, 5) is 2.36. The number of para-hydroxylation sites is 2. The number of ether oxygens (including phenoxy) is 2. The van der Waals surface area contributed by atoms with E-state index in [1.54, 1.807) is 0 Å². The Labute approximate surface area is 197 Å². The third-order valence-corrected chi connectivity index (χ3v) is 7.07. The van der Waals surface area contributed by atoms with E-state index in [0.29, 0.717) is 0 Å². The molecule has 0 aromatic heterocycles. The average Bonchev–Trinajstić information content (AvgIpc) is 2.89. The SMILES string of the molecule is c1ccc(B2c3cccc4c3N3c5c(cc(-c6ccccc6)cc5Oc5cccc2c53)O4)cc1. The fraction of sp³-hybridized carbons (Fsp3) is 0. The van der Waals surface area contributed by atoms with Crippen LogP contribution in [-0.4, -0.2) is 6.71 Å². The number of nitrogens with zero attached hydrogens (tertiary/aromatic N) is 1. The minimum Gasteiger partial charge on any atom is -0.453 e. The number of benzene rings is 5. The van der Waals surface area contributed by atoms with E-state index in [4.69, 9.17) is 9.47 Å². The van der Waals surface area contributed by atoms with Crippen LogP contribution in [0.4, 0.5) is 17.1 Å². The van der Waals surface area contributed by atoms with Crippen molar-refractivity contribution in [2.45, 2.75) is 0 Å². The molecule has 3 aliphatic heterocycles. The topological polar surface area (TPSA) is 21.7 Å². The number of hydrogen-bond acceptors (Lipinski definition) is 3. The maximum Gasteiger partial charge on any atom is 0.247 e. The maximum absolute atomic E-state index is 6.57. The minimum absolute atomic E-state index is 0.112. The van der Waals surface area contributed by atoms with Crippen molar-refractivity contribution >= 4 is 40.2 Å². The minimum atomic E-state index is 0.112. The van der Waals surface area contributed by atoms with E-state index in [1.807, 2.05) is 6.07 Å². The summed E-state index contributed by atoms with van der Waals surface area (Å²) < 4.78 is 13.1. The first-order valence-corrected chi connectivity index (χ1v) is 11.6. The zero-order valence-electron chi connectivity index (χ0n) is 18.2. The van der Waals surface area contributed by atoms with Crippen molar-refractivity contribution in [2.24, 2.45) is 0 Å². The Hall–Kier alpha value is -4.44. The summed E-state index contributed by atoms with van der Waals surface area (Å²) in [7, 11) is 0. The van der Waals surface area contributed by atoms with Crippen LogP contribution in [0.1, 0.15) is 0 Å². The van der Waals surface area contributed by atoms with Crippen LogP contribution in [0.5, 0.6) is 23.0 Å². The van der Waals surface area contributed by atoms with Gasteiger partial charge in [0, 0.05) is 0 Å². The molecule has 5 aromatic rings. The van der Waals surface area contributed by atoms with Crippen molar-refractivity contribution in [3.63, 3.8) is 0 Å². The highest BCUT2D eigenvalue weighted by atomic mass is 16.5. The molecule has 0 unspecified atom stereocenters. The van der Waals surface area contributed by atoms with Crippen molar-refractivity contribution < 1.29 is 9.47 Å². The van der Waals surface area contributed by atoms with Crippen LogP contribution in [0.2, 0.25) is 0 Å². The van der Waals surface area contributed by atoms with Crippen LogP contribution < -0.4 is 30.8 Å². The second-order valence-corrected chi connectivity index (χ2v) is 8.96. The van der Waals surface area contributed by atoms with Gasteiger partial charge in [-0.25, -0.2) is 0 Å². The Morgan fingerprint density at radius 3 is 1.62 bits per heavy atom. The molecule has 0 spiro atoms. The molecule has 0 N–H and O–H groups in total. The Morgan fingerprint density at radius 1 is 0.471 bits per heavy atom. The molecule has 3 aliphatic rings. The largest absolute Gasteiger partial charge is 0.453 e. The lowest BCUT2D eigenvalue weighted by molar-refractivity contribution is 0.447. The van der Waals surface area contributed by atoms with E-state index in [-0.39, 0.29) is 6.71 Å². The van der Waals surface area contributed by atoms with Gasteiger partial charge in [0.15, 0.2) is 23.0 Å². The molecular weight excluding hydrogens is 417 g/mol. The molecular formula is C30H18BNO2. The predicted octanol–water partition coefficient (Wildman–Crippen LogP) is 5.86. The van der Waals surface area contributed by atoms with Gasteiger partial charge in [-0.15, -0.1) is 0 Å². The maximum atomic E-state index is 6.57. The highest BCUT2D eigenvalue weighted by Crippen LogP contribution is 2.60. The highest BCUT2D eigenvalue weighted by molar-refractivity contribution is 6.98. The Morgan fingerprint density at radius 2 is 1.03 bits per heavy atom. The molecule has 0 radical (unpaired) electrons. The zero-order chi connectivity index (χ0) is 22.2. The Kier molecular flexibility index (Phi) is 3.48. The molecule has 5 aromatic carbocycles. The molecule has 0 aliphatic carbocycles. The third-order valence-electron chi connectivity index (χ3n) is 7.07. The van der Waals surface area contributed by atoms with Crippen LogP contribution in [0.15, 0.2) is 109 Å². The summed E-state index contributed by atoms with van der Waals surface area (Å²) in [6, 6.07) is 38.1. The van der Waals surface area contributed by atoms with Gasteiger partial charge < -0.3 is 9.47 Å². The van der Waals surface area contributed by atoms with Gasteiger partial charge >= 0.3 is 0 Å². The predicted molar refractivity (Wildman–Crippen MR) is 138 cm³/mol. The molecule has 158 valence electrons. The van der Waals surface area contributed by atoms with Crippen LogP contribution >= 0.6 is 0 Å². The average molecular weight is 435 g/mol. The van der Waals surface area contributed by atoms with Crippen LogP contribution in [0, 0.1) is 0 Å². The van der Waals surface area contributed by atoms with E-state index in [9.17, 15) is 0 Å². The molecule has 0 saturated carbocycles. The molecule has 0 fully saturated rings. The van der Waals surface area contributed by atoms with Crippen molar-refractivity contribution in [3.8, 4) is 34.1 Å². The molecule has 0 amide bonds. The fourth-order valence-corrected chi connectivity index (χ4v) is 5.69. The van der Waals surface area contributed by atoms with Gasteiger partial charge in [0.25, 0.3) is 0 Å². The second-order valence-electron chi connectivity index (χ2n) is 8.96. The second kappa shape index (κ2) is 6.55. The van der Waals surface area contributed by atoms with Gasteiger partial charge in [-0.2, -0.15) is 0 Å². The van der Waals surface area contributed by atoms with Crippen molar-refractivity contribution in [1.82, 2.24) is 0 Å². The monoisotopic (exact) mass is 435 g/mol. The van der Waals surface area contributed by atoms with Crippen molar-refractivity contribution in [3.05, 3.63) is 109 Å². The number of rotatable bonds is 2. The molecule has 34 heavy (non-hydrogen) atoms. The van der Waals surface area contributed by atoms with Crippen LogP contribution in [0.3, 0.4) is 0 Å². The lowest BCUT2D eigenvalue weighted by Crippen LogP contribution is -2.57. The first kappa shape index (κ1) is 18.0. The lowest BCUT2D eigenvalue weighted by atomic mass is 9.35. The molecule has 3 heterocycles. The molecule has 0 saturated heterocycles. The highest BCUT2D eigenvalue weighted by Gasteiger charge is 2.44. The molecule has 0 atom stereocenters. The van der Waals surface area contributed by atoms with E-state index >= 15 is 0 Å². The third kappa shape index (κ3) is 2.32. The quantitative estimate of drug-likeness (QED) is 0.318. The number of hydrogen-bond donors (Lipinski definition) is 0. The number of anilines is 3. The summed E-state index contributed by atoms with van der Waals surface area (Å²) in [6.07, 6.45) is 0. The van der Waals surface area contributed by atoms with Gasteiger partial charge in [0.2, 0.25) is 6.71 Å². The van der Waals surface area contributed by atoms with Gasteiger partial charge in [0.1, 0.15) is 5.69 Å². The van der Waals surface area contributed by atoms with E-state index in [1.165, 1.54) is 16.4 Å². The standard InChI is InChI=1S/C30H18BNO2/c1-3-9-19(10-4-1)20-17-26-30-27(18-20)34-25-16-8-14-23-29(25)32(30)28-22(13-7-15-24(28)33-26)31(23)21-11-5-2-6-12-21/h1-18H. The van der Waals surface area contributed by atoms with Gasteiger partial charge in [0.05, 0.1) is 11.4 Å². The molecule has 3 nitrogen and oxygen atoms in total. The van der Waals surface area contributed by atoms with E-state index in [0.717, 1.165) is 51.2 Å². The van der Waals surface area contributed by atoms with Gasteiger partial charge in [-0.3, -0.25) is 4.90 Å². The molecule has 8 rings (SSSR count). The summed E-state index contributed by atoms with van der Waals surface area (Å²) >= 11 is 0. The summed E-state index contributed by atoms with van der Waals surface area (Å²) in [5, 5.41) is 0. The van der Waals surface area contributed by atoms with Crippen molar-refractivity contribution in [1.29, 1.82) is 0 Å². The first-order valence-electron chi connectivity index (χ1n) is 11.6. The zero-order valence-corrected chi connectivity index (χ0v) is 18.2.